The van der Waals surface area contributed by atoms with Crippen LogP contribution in [-0.2, 0) is 19.5 Å². The number of hydrogen-bond acceptors (Lipinski definition) is 2. The second-order valence-corrected chi connectivity index (χ2v) is 5.87. The lowest BCUT2D eigenvalue weighted by molar-refractivity contribution is 0.245. The minimum Gasteiger partial charge on any atom is -0.507 e. The fraction of sp³-hybridized carbons (Fsp3) is 0.250. The zero-order chi connectivity index (χ0) is 13.2. The summed E-state index contributed by atoms with van der Waals surface area (Å²) in [6.45, 7) is 3.03. The molecule has 0 radical (unpaired) electrons. The van der Waals surface area contributed by atoms with Gasteiger partial charge in [-0.05, 0) is 51.2 Å². The Morgan fingerprint density at radius 2 is 1.89 bits per heavy atom. The summed E-state index contributed by atoms with van der Waals surface area (Å²) >= 11 is 3.37. The molecule has 0 amide bonds. The van der Waals surface area contributed by atoms with Gasteiger partial charge < -0.3 is 5.11 Å². The molecule has 0 unspecified atom stereocenters. The molecule has 1 heterocycles. The summed E-state index contributed by atoms with van der Waals surface area (Å²) in [5.41, 5.74) is 4.14. The fourth-order valence-electron chi connectivity index (χ4n) is 2.60. The molecule has 19 heavy (non-hydrogen) atoms. The smallest absolute Gasteiger partial charge is 0.129 e. The monoisotopic (exact) mass is 317 g/mol. The molecule has 0 aromatic heterocycles. The van der Waals surface area contributed by atoms with E-state index in [4.69, 9.17) is 0 Å². The molecule has 1 aliphatic rings. The molecule has 1 N–H and O–H groups in total. The lowest BCUT2D eigenvalue weighted by atomic mass is 9.99. The van der Waals surface area contributed by atoms with E-state index in [0.29, 0.717) is 5.75 Å². The SMILES string of the molecule is Oc1ccc(CN2CCc3ccccc3C2)cc1Br. The standard InChI is InChI=1S/C16H16BrNO/c17-15-9-12(5-6-16(15)19)10-18-8-7-13-3-1-2-4-14(13)11-18/h1-6,9,19H,7-8,10-11H2. The third kappa shape index (κ3) is 2.82. The lowest BCUT2D eigenvalue weighted by Gasteiger charge is -2.28. The van der Waals surface area contributed by atoms with E-state index in [1.807, 2.05) is 12.1 Å². The maximum atomic E-state index is 9.52. The van der Waals surface area contributed by atoms with E-state index in [1.165, 1.54) is 16.7 Å². The molecule has 0 aliphatic carbocycles. The van der Waals surface area contributed by atoms with Crippen molar-refractivity contribution in [2.45, 2.75) is 19.5 Å². The maximum Gasteiger partial charge on any atom is 0.129 e. The van der Waals surface area contributed by atoms with Crippen LogP contribution in [0, 0.1) is 0 Å². The van der Waals surface area contributed by atoms with Gasteiger partial charge in [0.05, 0.1) is 4.47 Å². The van der Waals surface area contributed by atoms with Gasteiger partial charge in [0.15, 0.2) is 0 Å². The summed E-state index contributed by atoms with van der Waals surface area (Å²) in [6, 6.07) is 14.4. The van der Waals surface area contributed by atoms with Gasteiger partial charge in [-0.1, -0.05) is 30.3 Å². The first-order valence-corrected chi connectivity index (χ1v) is 7.28. The number of aromatic hydroxyl groups is 1. The van der Waals surface area contributed by atoms with Gasteiger partial charge in [0.1, 0.15) is 5.75 Å². The molecule has 2 aromatic carbocycles. The summed E-state index contributed by atoms with van der Waals surface area (Å²) < 4.78 is 0.766. The van der Waals surface area contributed by atoms with Crippen LogP contribution in [0.5, 0.6) is 5.75 Å². The first-order chi connectivity index (χ1) is 9.22. The zero-order valence-electron chi connectivity index (χ0n) is 10.6. The van der Waals surface area contributed by atoms with Crippen LogP contribution in [0.4, 0.5) is 0 Å². The Bertz CT molecular complexity index is 597. The van der Waals surface area contributed by atoms with Crippen molar-refractivity contribution >= 4 is 15.9 Å². The highest BCUT2D eigenvalue weighted by Gasteiger charge is 2.15. The molecule has 0 bridgehead atoms. The summed E-state index contributed by atoms with van der Waals surface area (Å²) in [7, 11) is 0. The minimum absolute atomic E-state index is 0.299. The van der Waals surface area contributed by atoms with Crippen LogP contribution >= 0.6 is 15.9 Å². The predicted octanol–water partition coefficient (Wildman–Crippen LogP) is 3.71. The Hall–Kier alpha value is -1.32. The highest BCUT2D eigenvalue weighted by molar-refractivity contribution is 9.10. The van der Waals surface area contributed by atoms with E-state index in [2.05, 4.69) is 45.1 Å². The number of fused-ring (bicyclic) bond motifs is 1. The molecule has 0 saturated heterocycles. The minimum atomic E-state index is 0.299. The van der Waals surface area contributed by atoms with Crippen LogP contribution in [0.15, 0.2) is 46.9 Å². The van der Waals surface area contributed by atoms with Crippen molar-refractivity contribution in [3.8, 4) is 5.75 Å². The number of nitrogens with zero attached hydrogens (tertiary/aromatic N) is 1. The van der Waals surface area contributed by atoms with Crippen LogP contribution in [0.25, 0.3) is 0 Å². The van der Waals surface area contributed by atoms with Crippen molar-refractivity contribution in [1.82, 2.24) is 4.90 Å². The molecule has 3 rings (SSSR count). The number of phenolic OH excluding ortho intramolecular Hbond substituents is 1. The Morgan fingerprint density at radius 3 is 2.68 bits per heavy atom. The molecule has 2 nitrogen and oxygen atoms in total. The van der Waals surface area contributed by atoms with Gasteiger partial charge in [-0.25, -0.2) is 0 Å². The maximum absolute atomic E-state index is 9.52. The highest BCUT2D eigenvalue weighted by Crippen LogP contribution is 2.26. The molecule has 0 spiro atoms. The molecule has 0 fully saturated rings. The normalized spacial score (nSPS) is 15.2. The molecule has 2 aromatic rings. The van der Waals surface area contributed by atoms with E-state index in [1.54, 1.807) is 6.07 Å². The van der Waals surface area contributed by atoms with Gasteiger partial charge in [0.25, 0.3) is 0 Å². The largest absolute Gasteiger partial charge is 0.507 e. The molecule has 0 saturated carbocycles. The van der Waals surface area contributed by atoms with Gasteiger partial charge >= 0.3 is 0 Å². The van der Waals surface area contributed by atoms with Crippen LogP contribution in [0.2, 0.25) is 0 Å². The van der Waals surface area contributed by atoms with Crippen LogP contribution in [-0.4, -0.2) is 16.6 Å². The van der Waals surface area contributed by atoms with E-state index < -0.39 is 0 Å². The second kappa shape index (κ2) is 5.35. The Balaban J connectivity index is 1.73. The second-order valence-electron chi connectivity index (χ2n) is 5.02. The summed E-state index contributed by atoms with van der Waals surface area (Å²) in [4.78, 5) is 2.45. The van der Waals surface area contributed by atoms with Crippen molar-refractivity contribution in [3.05, 3.63) is 63.6 Å². The summed E-state index contributed by atoms with van der Waals surface area (Å²) in [6.07, 6.45) is 1.12. The number of rotatable bonds is 2. The lowest BCUT2D eigenvalue weighted by Crippen LogP contribution is -2.29. The molecule has 98 valence electrons. The summed E-state index contributed by atoms with van der Waals surface area (Å²) in [5.74, 6) is 0.299. The fourth-order valence-corrected chi connectivity index (χ4v) is 3.02. The van der Waals surface area contributed by atoms with Crippen molar-refractivity contribution in [2.24, 2.45) is 0 Å². The van der Waals surface area contributed by atoms with Crippen molar-refractivity contribution in [2.75, 3.05) is 6.54 Å². The Labute approximate surface area is 121 Å². The average Bonchev–Trinajstić information content (AvgIpc) is 2.43. The third-order valence-electron chi connectivity index (χ3n) is 3.63. The van der Waals surface area contributed by atoms with Crippen LogP contribution < -0.4 is 0 Å². The predicted molar refractivity (Wildman–Crippen MR) is 80.1 cm³/mol. The molecular formula is C16H16BrNO. The third-order valence-corrected chi connectivity index (χ3v) is 4.26. The number of phenols is 1. The van der Waals surface area contributed by atoms with E-state index in [-0.39, 0.29) is 0 Å². The van der Waals surface area contributed by atoms with E-state index in [9.17, 15) is 5.11 Å². The molecular weight excluding hydrogens is 302 g/mol. The molecule has 3 heteroatoms. The van der Waals surface area contributed by atoms with Gasteiger partial charge in [-0.2, -0.15) is 0 Å². The summed E-state index contributed by atoms with van der Waals surface area (Å²) in [5, 5.41) is 9.52. The average molecular weight is 318 g/mol. The Kier molecular flexibility index (Phi) is 3.58. The molecule has 0 atom stereocenters. The highest BCUT2D eigenvalue weighted by atomic mass is 79.9. The van der Waals surface area contributed by atoms with Gasteiger partial charge in [-0.3, -0.25) is 4.90 Å². The van der Waals surface area contributed by atoms with Gasteiger partial charge in [-0.15, -0.1) is 0 Å². The number of benzene rings is 2. The van der Waals surface area contributed by atoms with E-state index >= 15 is 0 Å². The van der Waals surface area contributed by atoms with Crippen LogP contribution in [0.3, 0.4) is 0 Å². The quantitative estimate of drug-likeness (QED) is 0.912. The first-order valence-electron chi connectivity index (χ1n) is 6.49. The van der Waals surface area contributed by atoms with Crippen molar-refractivity contribution in [3.63, 3.8) is 0 Å². The first kappa shape index (κ1) is 12.7. The number of halogens is 1. The Morgan fingerprint density at radius 1 is 1.11 bits per heavy atom. The van der Waals surface area contributed by atoms with Crippen LogP contribution in [0.1, 0.15) is 16.7 Å². The zero-order valence-corrected chi connectivity index (χ0v) is 12.2. The topological polar surface area (TPSA) is 23.5 Å². The molecule has 1 aliphatic heterocycles. The number of hydrogen-bond donors (Lipinski definition) is 1. The van der Waals surface area contributed by atoms with Crippen molar-refractivity contribution in [1.29, 1.82) is 0 Å². The van der Waals surface area contributed by atoms with Gasteiger partial charge in [0.2, 0.25) is 0 Å². The van der Waals surface area contributed by atoms with E-state index in [0.717, 1.165) is 30.5 Å². The van der Waals surface area contributed by atoms with Crippen molar-refractivity contribution < 1.29 is 5.11 Å². The van der Waals surface area contributed by atoms with Gasteiger partial charge in [0, 0.05) is 19.6 Å².